The van der Waals surface area contributed by atoms with Crippen molar-refractivity contribution in [3.05, 3.63) is 38.4 Å². The summed E-state index contributed by atoms with van der Waals surface area (Å²) < 4.78 is 1.68. The summed E-state index contributed by atoms with van der Waals surface area (Å²) in [6.07, 6.45) is 0. The van der Waals surface area contributed by atoms with Crippen molar-refractivity contribution >= 4 is 28.9 Å². The summed E-state index contributed by atoms with van der Waals surface area (Å²) in [5.41, 5.74) is 1.72. The number of carbonyl (C=O) groups is 1. The molecule has 0 aliphatic heterocycles. The molecular weight excluding hydrogens is 236 g/mol. The fraction of sp³-hybridized carbons (Fsp3) is 0.250. The first-order valence-corrected chi connectivity index (χ1v) is 5.57. The maximum absolute atomic E-state index is 12.0. The topological polar surface area (TPSA) is 54.9 Å². The fourth-order valence-electron chi connectivity index (χ4n) is 1.83. The van der Waals surface area contributed by atoms with E-state index >= 15 is 0 Å². The summed E-state index contributed by atoms with van der Waals surface area (Å²) in [6, 6.07) is 3.52. The van der Waals surface area contributed by atoms with Gasteiger partial charge in [0.15, 0.2) is 10.6 Å². The number of aromatic nitrogens is 2. The molecule has 0 amide bonds. The van der Waals surface area contributed by atoms with Gasteiger partial charge in [-0.25, -0.2) is 0 Å². The van der Waals surface area contributed by atoms with Crippen LogP contribution in [0.1, 0.15) is 22.8 Å². The molecule has 0 aliphatic rings. The zero-order valence-corrected chi connectivity index (χ0v) is 10.6. The van der Waals surface area contributed by atoms with E-state index in [0.717, 1.165) is 5.56 Å². The molecule has 0 fully saturated rings. The summed E-state index contributed by atoms with van der Waals surface area (Å²) in [6.45, 7) is 3.33. The van der Waals surface area contributed by atoms with E-state index < -0.39 is 0 Å². The van der Waals surface area contributed by atoms with Crippen molar-refractivity contribution in [2.45, 2.75) is 13.8 Å². The van der Waals surface area contributed by atoms with Gasteiger partial charge < -0.3 is 4.98 Å². The number of benzene rings is 1. The Kier molecular flexibility index (Phi) is 2.71. The molecule has 17 heavy (non-hydrogen) atoms. The Bertz CT molecular complexity index is 740. The van der Waals surface area contributed by atoms with Gasteiger partial charge in [-0.2, -0.15) is 0 Å². The molecule has 0 atom stereocenters. The summed E-state index contributed by atoms with van der Waals surface area (Å²) >= 11 is 5.04. The summed E-state index contributed by atoms with van der Waals surface area (Å²) in [5.74, 6) is -0.0856. The van der Waals surface area contributed by atoms with Crippen LogP contribution in [0.3, 0.4) is 0 Å². The van der Waals surface area contributed by atoms with Gasteiger partial charge in [-0.1, -0.05) is 0 Å². The van der Waals surface area contributed by atoms with Crippen molar-refractivity contribution in [3.8, 4) is 0 Å². The molecule has 0 aliphatic carbocycles. The Morgan fingerprint density at radius 2 is 2.06 bits per heavy atom. The van der Waals surface area contributed by atoms with Crippen molar-refractivity contribution in [1.29, 1.82) is 0 Å². The average Bonchev–Trinajstić information content (AvgIpc) is 2.26. The number of ketones is 1. The van der Waals surface area contributed by atoms with Crippen LogP contribution in [-0.2, 0) is 7.05 Å². The minimum atomic E-state index is -0.185. The predicted molar refractivity (Wildman–Crippen MR) is 69.1 cm³/mol. The quantitative estimate of drug-likeness (QED) is 0.621. The molecule has 0 unspecified atom stereocenters. The van der Waals surface area contributed by atoms with Crippen LogP contribution < -0.4 is 5.56 Å². The zero-order valence-electron chi connectivity index (χ0n) is 9.83. The second-order valence-electron chi connectivity index (χ2n) is 4.09. The van der Waals surface area contributed by atoms with Crippen LogP contribution in [0.4, 0.5) is 0 Å². The largest absolute Gasteiger partial charge is 0.331 e. The van der Waals surface area contributed by atoms with Crippen molar-refractivity contribution in [3.63, 3.8) is 0 Å². The molecule has 1 heterocycles. The smallest absolute Gasteiger partial charge is 0.261 e. The van der Waals surface area contributed by atoms with Crippen molar-refractivity contribution in [2.75, 3.05) is 0 Å². The number of H-pyrrole nitrogens is 1. The minimum absolute atomic E-state index is 0.0856. The van der Waals surface area contributed by atoms with Gasteiger partial charge in [0.25, 0.3) is 5.56 Å². The first-order chi connectivity index (χ1) is 7.91. The third kappa shape index (κ3) is 1.82. The fourth-order valence-corrected chi connectivity index (χ4v) is 2.02. The van der Waals surface area contributed by atoms with E-state index in [4.69, 9.17) is 12.2 Å². The molecule has 0 spiro atoms. The molecule has 4 nitrogen and oxygen atoms in total. The number of Topliss-reactive ketones (excluding diaryl/α,β-unsaturated/α-hetero) is 1. The second kappa shape index (κ2) is 3.92. The highest BCUT2D eigenvalue weighted by atomic mass is 32.1. The molecule has 88 valence electrons. The Balaban J connectivity index is 3.11. The lowest BCUT2D eigenvalue weighted by Gasteiger charge is -2.07. The van der Waals surface area contributed by atoms with Crippen LogP contribution >= 0.6 is 12.2 Å². The van der Waals surface area contributed by atoms with Crippen LogP contribution in [0.15, 0.2) is 16.9 Å². The molecule has 0 saturated heterocycles. The first-order valence-electron chi connectivity index (χ1n) is 5.16. The second-order valence-corrected chi connectivity index (χ2v) is 4.47. The van der Waals surface area contributed by atoms with E-state index in [-0.39, 0.29) is 11.3 Å². The molecule has 1 aromatic heterocycles. The van der Waals surface area contributed by atoms with E-state index in [1.54, 1.807) is 19.2 Å². The standard InChI is InChI=1S/C12H12N2O2S/c1-6-4-8(7(2)15)10-9(5-6)11(16)14(3)12(17)13-10/h4-5H,1-3H3,(H,13,17). The molecule has 1 N–H and O–H groups in total. The number of nitrogens with one attached hydrogen (secondary N) is 1. The van der Waals surface area contributed by atoms with E-state index in [0.29, 0.717) is 21.2 Å². The SMILES string of the molecule is CC(=O)c1cc(C)cc2c(=O)n(C)c(=S)[nH]c12. The molecular formula is C12H12N2O2S. The molecule has 0 bridgehead atoms. The third-order valence-electron chi connectivity index (χ3n) is 2.73. The van der Waals surface area contributed by atoms with E-state index in [1.165, 1.54) is 11.5 Å². The van der Waals surface area contributed by atoms with Gasteiger partial charge in [0.1, 0.15) is 0 Å². The molecule has 2 aromatic rings. The average molecular weight is 248 g/mol. The van der Waals surface area contributed by atoms with Gasteiger partial charge in [-0.05, 0) is 43.8 Å². The van der Waals surface area contributed by atoms with Crippen molar-refractivity contribution in [2.24, 2.45) is 7.05 Å². The van der Waals surface area contributed by atoms with Crippen molar-refractivity contribution in [1.82, 2.24) is 9.55 Å². The van der Waals surface area contributed by atoms with Gasteiger partial charge in [-0.15, -0.1) is 0 Å². The Labute approximate surface area is 103 Å². The van der Waals surface area contributed by atoms with Crippen LogP contribution in [0, 0.1) is 11.7 Å². The van der Waals surface area contributed by atoms with E-state index in [9.17, 15) is 9.59 Å². The summed E-state index contributed by atoms with van der Waals surface area (Å²) in [4.78, 5) is 26.5. The molecule has 0 radical (unpaired) electrons. The highest BCUT2D eigenvalue weighted by Crippen LogP contribution is 2.16. The number of fused-ring (bicyclic) bond motifs is 1. The van der Waals surface area contributed by atoms with Crippen LogP contribution in [0.2, 0.25) is 0 Å². The molecule has 0 saturated carbocycles. The third-order valence-corrected chi connectivity index (χ3v) is 3.11. The van der Waals surface area contributed by atoms with E-state index in [2.05, 4.69) is 4.98 Å². The van der Waals surface area contributed by atoms with Gasteiger partial charge in [-0.3, -0.25) is 14.2 Å². The maximum atomic E-state index is 12.0. The van der Waals surface area contributed by atoms with Gasteiger partial charge in [0.05, 0.1) is 10.9 Å². The normalized spacial score (nSPS) is 10.8. The summed E-state index contributed by atoms with van der Waals surface area (Å²) in [7, 11) is 1.61. The number of carbonyl (C=O) groups excluding carboxylic acids is 1. The minimum Gasteiger partial charge on any atom is -0.331 e. The molecule has 1 aromatic carbocycles. The number of rotatable bonds is 1. The number of aromatic amines is 1. The van der Waals surface area contributed by atoms with Gasteiger partial charge in [0, 0.05) is 12.6 Å². The number of nitrogens with zero attached hydrogens (tertiary/aromatic N) is 1. The Hall–Kier alpha value is -1.75. The first kappa shape index (κ1) is 11.7. The Morgan fingerprint density at radius 3 is 2.65 bits per heavy atom. The van der Waals surface area contributed by atoms with Crippen LogP contribution in [0.5, 0.6) is 0 Å². The van der Waals surface area contributed by atoms with Crippen LogP contribution in [-0.4, -0.2) is 15.3 Å². The summed E-state index contributed by atoms with van der Waals surface area (Å²) in [5, 5.41) is 0.492. The monoisotopic (exact) mass is 248 g/mol. The highest BCUT2D eigenvalue weighted by molar-refractivity contribution is 7.71. The van der Waals surface area contributed by atoms with E-state index in [1.807, 2.05) is 6.92 Å². The van der Waals surface area contributed by atoms with Gasteiger partial charge in [0.2, 0.25) is 0 Å². The lowest BCUT2D eigenvalue weighted by molar-refractivity contribution is 0.101. The lowest BCUT2D eigenvalue weighted by Crippen LogP contribution is -2.19. The number of aryl methyl sites for hydroxylation is 1. The lowest BCUT2D eigenvalue weighted by atomic mass is 10.0. The predicted octanol–water partition coefficient (Wildman–Crippen LogP) is 2.11. The zero-order chi connectivity index (χ0) is 12.7. The van der Waals surface area contributed by atoms with Crippen LogP contribution in [0.25, 0.3) is 10.9 Å². The number of hydrogen-bond donors (Lipinski definition) is 1. The van der Waals surface area contributed by atoms with Gasteiger partial charge >= 0.3 is 0 Å². The maximum Gasteiger partial charge on any atom is 0.261 e. The molecule has 2 rings (SSSR count). The number of hydrogen-bond acceptors (Lipinski definition) is 3. The van der Waals surface area contributed by atoms with Crippen molar-refractivity contribution < 1.29 is 4.79 Å². The Morgan fingerprint density at radius 1 is 1.41 bits per heavy atom. The molecule has 5 heteroatoms. The highest BCUT2D eigenvalue weighted by Gasteiger charge is 2.11.